The number of benzene rings is 1. The zero-order valence-corrected chi connectivity index (χ0v) is 14.6. The van der Waals surface area contributed by atoms with E-state index in [2.05, 4.69) is 16.9 Å². The van der Waals surface area contributed by atoms with E-state index >= 15 is 0 Å². The van der Waals surface area contributed by atoms with Gasteiger partial charge in [0, 0.05) is 19.0 Å². The van der Waals surface area contributed by atoms with Crippen LogP contribution in [-0.2, 0) is 9.59 Å². The van der Waals surface area contributed by atoms with Crippen molar-refractivity contribution >= 4 is 29.0 Å². The number of nitrogens with one attached hydrogen (secondary N) is 1. The van der Waals surface area contributed by atoms with Gasteiger partial charge >= 0.3 is 5.97 Å². The third-order valence-electron chi connectivity index (χ3n) is 4.69. The zero-order chi connectivity index (χ0) is 18.5. The lowest BCUT2D eigenvalue weighted by Crippen LogP contribution is -2.46. The molecule has 0 saturated carbocycles. The average molecular weight is 357 g/mol. The van der Waals surface area contributed by atoms with Crippen molar-refractivity contribution in [3.05, 3.63) is 36.9 Å². The van der Waals surface area contributed by atoms with Crippen molar-refractivity contribution in [3.8, 4) is 0 Å². The van der Waals surface area contributed by atoms with Gasteiger partial charge in [-0.25, -0.2) is 4.79 Å². The van der Waals surface area contributed by atoms with Crippen LogP contribution in [0.4, 0.5) is 6.01 Å². The van der Waals surface area contributed by atoms with Gasteiger partial charge in [-0.3, -0.25) is 4.79 Å². The number of hydrogen-bond acceptors (Lipinski definition) is 5. The van der Waals surface area contributed by atoms with Gasteiger partial charge in [-0.1, -0.05) is 18.2 Å². The quantitative estimate of drug-likeness (QED) is 0.740. The highest BCUT2D eigenvalue weighted by atomic mass is 16.4. The van der Waals surface area contributed by atoms with Gasteiger partial charge in [-0.2, -0.15) is 4.98 Å². The van der Waals surface area contributed by atoms with Crippen LogP contribution in [0.2, 0.25) is 0 Å². The number of aliphatic carboxylic acids is 1. The van der Waals surface area contributed by atoms with Crippen LogP contribution >= 0.6 is 0 Å². The minimum absolute atomic E-state index is 0.193. The second-order valence-corrected chi connectivity index (χ2v) is 6.49. The fourth-order valence-corrected chi connectivity index (χ4v) is 3.16. The Morgan fingerprint density at radius 3 is 2.77 bits per heavy atom. The van der Waals surface area contributed by atoms with Crippen LogP contribution in [-0.4, -0.2) is 41.1 Å². The maximum absolute atomic E-state index is 12.4. The summed E-state index contributed by atoms with van der Waals surface area (Å²) in [6.07, 6.45) is 3.83. The maximum Gasteiger partial charge on any atom is 0.326 e. The van der Waals surface area contributed by atoms with Crippen molar-refractivity contribution < 1.29 is 19.1 Å². The molecule has 7 heteroatoms. The third kappa shape index (κ3) is 4.04. The molecule has 1 aliphatic rings. The van der Waals surface area contributed by atoms with Gasteiger partial charge in [0.2, 0.25) is 5.91 Å². The number of para-hydroxylation sites is 2. The molecule has 1 aliphatic heterocycles. The number of amides is 1. The Morgan fingerprint density at radius 2 is 2.12 bits per heavy atom. The maximum atomic E-state index is 12.4. The van der Waals surface area contributed by atoms with Crippen molar-refractivity contribution in [3.63, 3.8) is 0 Å². The highest BCUT2D eigenvalue weighted by Crippen LogP contribution is 2.26. The Hall–Kier alpha value is -2.83. The number of piperidine rings is 1. The highest BCUT2D eigenvalue weighted by Gasteiger charge is 2.29. The predicted octanol–water partition coefficient (Wildman–Crippen LogP) is 2.58. The Labute approximate surface area is 151 Å². The smallest absolute Gasteiger partial charge is 0.326 e. The lowest BCUT2D eigenvalue weighted by atomic mass is 9.95. The van der Waals surface area contributed by atoms with Crippen molar-refractivity contribution in [2.75, 3.05) is 18.0 Å². The van der Waals surface area contributed by atoms with E-state index in [0.29, 0.717) is 44.8 Å². The molecule has 1 aromatic heterocycles. The number of oxazole rings is 1. The molecule has 2 heterocycles. The van der Waals surface area contributed by atoms with E-state index in [1.807, 2.05) is 29.2 Å². The van der Waals surface area contributed by atoms with Crippen LogP contribution in [0.5, 0.6) is 0 Å². The van der Waals surface area contributed by atoms with Gasteiger partial charge in [0.25, 0.3) is 6.01 Å². The molecule has 1 saturated heterocycles. The molecule has 1 atom stereocenters. The van der Waals surface area contributed by atoms with E-state index < -0.39 is 12.0 Å². The molecule has 3 rings (SSSR count). The van der Waals surface area contributed by atoms with E-state index in [1.165, 1.54) is 0 Å². The first kappa shape index (κ1) is 18.0. The summed E-state index contributed by atoms with van der Waals surface area (Å²) in [4.78, 5) is 30.2. The number of rotatable bonds is 7. The van der Waals surface area contributed by atoms with Crippen LogP contribution in [0.1, 0.15) is 25.7 Å². The Bertz CT molecular complexity index is 760. The number of aromatic nitrogens is 1. The third-order valence-corrected chi connectivity index (χ3v) is 4.69. The number of carboxylic acid groups (broad SMARTS) is 1. The summed E-state index contributed by atoms with van der Waals surface area (Å²) in [5, 5.41) is 11.9. The average Bonchev–Trinajstić information content (AvgIpc) is 3.09. The number of carbonyl (C=O) groups excluding carboxylic acids is 1. The van der Waals surface area contributed by atoms with Gasteiger partial charge in [0.15, 0.2) is 5.58 Å². The summed E-state index contributed by atoms with van der Waals surface area (Å²) >= 11 is 0. The molecule has 1 amide bonds. The van der Waals surface area contributed by atoms with Crippen LogP contribution in [0.25, 0.3) is 11.1 Å². The number of fused-ring (bicyclic) bond motifs is 1. The lowest BCUT2D eigenvalue weighted by molar-refractivity contribution is -0.142. The molecule has 138 valence electrons. The molecule has 2 N–H and O–H groups in total. The van der Waals surface area contributed by atoms with Crippen LogP contribution in [0, 0.1) is 5.92 Å². The summed E-state index contributed by atoms with van der Waals surface area (Å²) in [6, 6.07) is 7.30. The number of nitrogens with zero attached hydrogens (tertiary/aromatic N) is 2. The normalized spacial score (nSPS) is 16.4. The SMILES string of the molecule is C=CCCC(NC(=O)C1CCN(c2nc3ccccc3o2)CC1)C(=O)O. The molecule has 0 bridgehead atoms. The van der Waals surface area contributed by atoms with Crippen molar-refractivity contribution in [2.24, 2.45) is 5.92 Å². The fourth-order valence-electron chi connectivity index (χ4n) is 3.16. The molecule has 1 aromatic carbocycles. The molecule has 0 spiro atoms. The fraction of sp³-hybridized carbons (Fsp3) is 0.421. The molecule has 7 nitrogen and oxygen atoms in total. The molecular formula is C19H23N3O4. The minimum Gasteiger partial charge on any atom is -0.480 e. The molecule has 26 heavy (non-hydrogen) atoms. The number of anilines is 1. The minimum atomic E-state index is -1.01. The van der Waals surface area contributed by atoms with Crippen LogP contribution in [0.3, 0.4) is 0 Å². The Morgan fingerprint density at radius 1 is 1.38 bits per heavy atom. The predicted molar refractivity (Wildman–Crippen MR) is 97.9 cm³/mol. The second kappa shape index (κ2) is 8.03. The standard InChI is InChI=1S/C19H23N3O4/c1-2-3-6-15(18(24)25)20-17(23)13-9-11-22(12-10-13)19-21-14-7-4-5-8-16(14)26-19/h2,4-5,7-8,13,15H,1,3,6,9-12H2,(H,20,23)(H,24,25). The van der Waals surface area contributed by atoms with Crippen LogP contribution < -0.4 is 10.2 Å². The second-order valence-electron chi connectivity index (χ2n) is 6.49. The van der Waals surface area contributed by atoms with E-state index in [0.717, 1.165) is 11.1 Å². The topological polar surface area (TPSA) is 95.7 Å². The lowest BCUT2D eigenvalue weighted by Gasteiger charge is -2.30. The summed E-state index contributed by atoms with van der Waals surface area (Å²) in [5.41, 5.74) is 1.56. The first-order valence-corrected chi connectivity index (χ1v) is 8.83. The van der Waals surface area contributed by atoms with Crippen molar-refractivity contribution in [1.29, 1.82) is 0 Å². The Balaban J connectivity index is 1.56. The summed E-state index contributed by atoms with van der Waals surface area (Å²) < 4.78 is 5.77. The van der Waals surface area contributed by atoms with E-state index in [9.17, 15) is 14.7 Å². The largest absolute Gasteiger partial charge is 0.480 e. The number of carboxylic acids is 1. The van der Waals surface area contributed by atoms with Crippen molar-refractivity contribution in [2.45, 2.75) is 31.7 Å². The monoisotopic (exact) mass is 357 g/mol. The molecular weight excluding hydrogens is 334 g/mol. The van der Waals surface area contributed by atoms with Gasteiger partial charge in [-0.15, -0.1) is 6.58 Å². The van der Waals surface area contributed by atoms with E-state index in [-0.39, 0.29) is 11.8 Å². The zero-order valence-electron chi connectivity index (χ0n) is 14.6. The summed E-state index contributed by atoms with van der Waals surface area (Å²) in [7, 11) is 0. The van der Waals surface area contributed by atoms with E-state index in [1.54, 1.807) is 6.08 Å². The first-order chi connectivity index (χ1) is 12.6. The Kier molecular flexibility index (Phi) is 5.55. The van der Waals surface area contributed by atoms with Crippen LogP contribution in [0.15, 0.2) is 41.3 Å². The summed E-state index contributed by atoms with van der Waals surface area (Å²) in [6.45, 7) is 4.88. The first-order valence-electron chi connectivity index (χ1n) is 8.83. The highest BCUT2D eigenvalue weighted by molar-refractivity contribution is 5.85. The number of allylic oxidation sites excluding steroid dienone is 1. The molecule has 0 aliphatic carbocycles. The van der Waals surface area contributed by atoms with Gasteiger partial charge < -0.3 is 19.7 Å². The van der Waals surface area contributed by atoms with E-state index in [4.69, 9.17) is 4.42 Å². The number of hydrogen-bond donors (Lipinski definition) is 2. The van der Waals surface area contributed by atoms with Gasteiger partial charge in [0.05, 0.1) is 0 Å². The molecule has 0 radical (unpaired) electrons. The number of carbonyl (C=O) groups is 2. The van der Waals surface area contributed by atoms with Gasteiger partial charge in [-0.05, 0) is 37.8 Å². The molecule has 1 fully saturated rings. The van der Waals surface area contributed by atoms with Gasteiger partial charge in [0.1, 0.15) is 11.6 Å². The summed E-state index contributed by atoms with van der Waals surface area (Å²) in [5.74, 6) is -1.40. The molecule has 2 aromatic rings. The van der Waals surface area contributed by atoms with Crippen molar-refractivity contribution in [1.82, 2.24) is 10.3 Å². The molecule has 1 unspecified atom stereocenters.